The van der Waals surface area contributed by atoms with Crippen molar-refractivity contribution in [2.45, 2.75) is 12.3 Å². The molecule has 1 N–H and O–H groups in total. The molecule has 0 radical (unpaired) electrons. The highest BCUT2D eigenvalue weighted by Crippen LogP contribution is 2.44. The summed E-state index contributed by atoms with van der Waals surface area (Å²) in [6.45, 7) is 0. The van der Waals surface area contributed by atoms with Crippen LogP contribution >= 0.6 is 0 Å². The number of hydrogen-bond donors (Lipinski definition) is 1. The van der Waals surface area contributed by atoms with Crippen molar-refractivity contribution in [2.24, 2.45) is 0 Å². The molecule has 1 aliphatic rings. The quantitative estimate of drug-likeness (QED) is 0.903. The normalized spacial score (nSPS) is 13.5. The zero-order valence-corrected chi connectivity index (χ0v) is 14.2. The zero-order chi connectivity index (χ0) is 17.2. The number of para-hydroxylation sites is 2. The first kappa shape index (κ1) is 16.5. The van der Waals surface area contributed by atoms with Gasteiger partial charge < -0.3 is 10.1 Å². The zero-order valence-electron chi connectivity index (χ0n) is 13.4. The predicted octanol–water partition coefficient (Wildman–Crippen LogP) is 2.48. The number of fused-ring (bicyclic) bond motifs is 2. The Morgan fingerprint density at radius 3 is 2.12 bits per heavy atom. The number of carbonyl (C=O) groups is 1. The van der Waals surface area contributed by atoms with Crippen LogP contribution in [0.5, 0.6) is 11.5 Å². The first-order valence-corrected chi connectivity index (χ1v) is 9.59. The third-order valence-corrected chi connectivity index (χ3v) is 5.82. The second-order valence-corrected chi connectivity index (χ2v) is 8.00. The van der Waals surface area contributed by atoms with Gasteiger partial charge in [-0.1, -0.05) is 36.4 Å². The maximum atomic E-state index is 12.5. The highest BCUT2D eigenvalue weighted by molar-refractivity contribution is 7.91. The van der Waals surface area contributed by atoms with E-state index in [9.17, 15) is 13.2 Å². The molecule has 0 saturated heterocycles. The lowest BCUT2D eigenvalue weighted by molar-refractivity contribution is -0.120. The number of benzene rings is 2. The van der Waals surface area contributed by atoms with Crippen LogP contribution in [0, 0.1) is 0 Å². The molecular formula is C18H19NO4S. The summed E-state index contributed by atoms with van der Waals surface area (Å²) >= 11 is 0. The van der Waals surface area contributed by atoms with Crippen molar-refractivity contribution in [1.82, 2.24) is 5.32 Å². The smallest absolute Gasteiger partial charge is 0.220 e. The van der Waals surface area contributed by atoms with E-state index in [1.165, 1.54) is 7.05 Å². The molecule has 5 nitrogen and oxygen atoms in total. The maximum absolute atomic E-state index is 12.5. The van der Waals surface area contributed by atoms with Gasteiger partial charge in [-0.05, 0) is 12.1 Å². The fraction of sp³-hybridized carbons (Fsp3) is 0.278. The highest BCUT2D eigenvalue weighted by Gasteiger charge is 2.30. The van der Waals surface area contributed by atoms with Crippen molar-refractivity contribution in [3.05, 3.63) is 59.7 Å². The number of carbonyl (C=O) groups excluding carboxylic acids is 1. The minimum Gasteiger partial charge on any atom is -0.457 e. The number of rotatable bonds is 5. The maximum Gasteiger partial charge on any atom is 0.220 e. The molecular weight excluding hydrogens is 326 g/mol. The Morgan fingerprint density at radius 1 is 1.04 bits per heavy atom. The summed E-state index contributed by atoms with van der Waals surface area (Å²) in [6, 6.07) is 15.0. The Bertz CT molecular complexity index is 815. The topological polar surface area (TPSA) is 72.5 Å². The Labute approximate surface area is 141 Å². The second kappa shape index (κ2) is 6.65. The first-order valence-electron chi connectivity index (χ1n) is 7.77. The third kappa shape index (κ3) is 3.43. The van der Waals surface area contributed by atoms with Crippen LogP contribution in [0.1, 0.15) is 23.5 Å². The molecule has 3 rings (SSSR count). The molecule has 0 aliphatic carbocycles. The van der Waals surface area contributed by atoms with Gasteiger partial charge in [0.2, 0.25) is 5.91 Å². The minimum atomic E-state index is -3.39. The van der Waals surface area contributed by atoms with Crippen LogP contribution in [0.3, 0.4) is 0 Å². The number of ether oxygens (including phenoxy) is 1. The van der Waals surface area contributed by atoms with Gasteiger partial charge in [0.25, 0.3) is 0 Å². The van der Waals surface area contributed by atoms with Gasteiger partial charge in [0.05, 0.1) is 11.5 Å². The summed E-state index contributed by atoms with van der Waals surface area (Å²) in [5.41, 5.74) is 1.72. The Kier molecular flexibility index (Phi) is 4.57. The number of hydrogen-bond acceptors (Lipinski definition) is 4. The Hall–Kier alpha value is -2.34. The molecule has 0 saturated carbocycles. The van der Waals surface area contributed by atoms with Gasteiger partial charge >= 0.3 is 0 Å². The largest absolute Gasteiger partial charge is 0.457 e. The molecule has 0 spiro atoms. The number of sulfone groups is 1. The molecule has 0 unspecified atom stereocenters. The molecule has 2 aromatic carbocycles. The van der Waals surface area contributed by atoms with E-state index in [2.05, 4.69) is 5.32 Å². The summed E-state index contributed by atoms with van der Waals surface area (Å²) in [4.78, 5) is 11.4. The van der Waals surface area contributed by atoms with Crippen LogP contribution in [0.25, 0.3) is 0 Å². The average molecular weight is 345 g/mol. The Balaban J connectivity index is 1.91. The van der Waals surface area contributed by atoms with Crippen LogP contribution in [0.4, 0.5) is 0 Å². The van der Waals surface area contributed by atoms with E-state index >= 15 is 0 Å². The standard InChI is InChI=1S/C18H19NO4S/c1-19-18(20)10-11-24(21,22)12-15-13-6-2-4-8-16(13)23-17-9-5-3-7-14(15)17/h2-9,15H,10-12H2,1H3,(H,19,20). The molecule has 1 aliphatic heterocycles. The second-order valence-electron chi connectivity index (χ2n) is 5.77. The Morgan fingerprint density at radius 2 is 1.58 bits per heavy atom. The minimum absolute atomic E-state index is 0.0225. The first-order chi connectivity index (χ1) is 11.5. The molecule has 126 valence electrons. The molecule has 0 atom stereocenters. The van der Waals surface area contributed by atoms with Crippen LogP contribution in [0.2, 0.25) is 0 Å². The van der Waals surface area contributed by atoms with E-state index in [-0.39, 0.29) is 29.8 Å². The number of amides is 1. The summed E-state index contributed by atoms with van der Waals surface area (Å²) in [7, 11) is -1.89. The van der Waals surface area contributed by atoms with Crippen molar-refractivity contribution in [3.63, 3.8) is 0 Å². The third-order valence-electron chi connectivity index (χ3n) is 4.15. The monoisotopic (exact) mass is 345 g/mol. The van der Waals surface area contributed by atoms with Gasteiger partial charge in [0.15, 0.2) is 9.84 Å². The fourth-order valence-electron chi connectivity index (χ4n) is 2.90. The van der Waals surface area contributed by atoms with Crippen molar-refractivity contribution in [3.8, 4) is 11.5 Å². The molecule has 2 aromatic rings. The van der Waals surface area contributed by atoms with E-state index in [0.29, 0.717) is 11.5 Å². The van der Waals surface area contributed by atoms with Crippen LogP contribution in [0.15, 0.2) is 48.5 Å². The van der Waals surface area contributed by atoms with Crippen molar-refractivity contribution >= 4 is 15.7 Å². The summed E-state index contributed by atoms with van der Waals surface area (Å²) in [5, 5.41) is 2.45. The predicted molar refractivity (Wildman–Crippen MR) is 92.1 cm³/mol. The van der Waals surface area contributed by atoms with E-state index in [1.54, 1.807) is 0 Å². The molecule has 0 aromatic heterocycles. The summed E-state index contributed by atoms with van der Waals surface area (Å²) in [6.07, 6.45) is -0.0225. The van der Waals surface area contributed by atoms with Gasteiger partial charge in [-0.15, -0.1) is 0 Å². The molecule has 24 heavy (non-hydrogen) atoms. The summed E-state index contributed by atoms with van der Waals surface area (Å²) in [5.74, 6) is 0.605. The van der Waals surface area contributed by atoms with Gasteiger partial charge in [0, 0.05) is 30.5 Å². The van der Waals surface area contributed by atoms with Crippen LogP contribution in [-0.4, -0.2) is 32.9 Å². The van der Waals surface area contributed by atoms with Crippen molar-refractivity contribution < 1.29 is 17.9 Å². The summed E-state index contributed by atoms with van der Waals surface area (Å²) < 4.78 is 30.9. The van der Waals surface area contributed by atoms with E-state index in [4.69, 9.17) is 4.74 Å². The molecule has 6 heteroatoms. The molecule has 1 amide bonds. The van der Waals surface area contributed by atoms with Crippen molar-refractivity contribution in [1.29, 1.82) is 0 Å². The SMILES string of the molecule is CNC(=O)CCS(=O)(=O)CC1c2ccccc2Oc2ccccc21. The van der Waals surface area contributed by atoms with Crippen LogP contribution < -0.4 is 10.1 Å². The molecule has 0 fully saturated rings. The molecule has 0 bridgehead atoms. The molecule has 1 heterocycles. The van der Waals surface area contributed by atoms with Crippen LogP contribution in [-0.2, 0) is 14.6 Å². The highest BCUT2D eigenvalue weighted by atomic mass is 32.2. The fourth-order valence-corrected chi connectivity index (χ4v) is 4.43. The average Bonchev–Trinajstić information content (AvgIpc) is 2.59. The van der Waals surface area contributed by atoms with E-state index < -0.39 is 9.84 Å². The van der Waals surface area contributed by atoms with Crippen molar-refractivity contribution in [2.75, 3.05) is 18.6 Å². The van der Waals surface area contributed by atoms with E-state index in [0.717, 1.165) is 11.1 Å². The van der Waals surface area contributed by atoms with Gasteiger partial charge in [-0.3, -0.25) is 4.79 Å². The number of nitrogens with one attached hydrogen (secondary N) is 1. The van der Waals surface area contributed by atoms with Gasteiger partial charge in [0.1, 0.15) is 11.5 Å². The van der Waals surface area contributed by atoms with E-state index in [1.807, 2.05) is 48.5 Å². The van der Waals surface area contributed by atoms with Gasteiger partial charge in [-0.25, -0.2) is 8.42 Å². The van der Waals surface area contributed by atoms with Gasteiger partial charge in [-0.2, -0.15) is 0 Å². The lowest BCUT2D eigenvalue weighted by Crippen LogP contribution is -2.25. The lowest BCUT2D eigenvalue weighted by Gasteiger charge is -2.28. The lowest BCUT2D eigenvalue weighted by atomic mass is 9.89.